The van der Waals surface area contributed by atoms with E-state index >= 15 is 0 Å². The number of hydrogen-bond acceptors (Lipinski definition) is 2. The van der Waals surface area contributed by atoms with Crippen LogP contribution in [0.1, 0.15) is 29.4 Å². The van der Waals surface area contributed by atoms with Crippen LogP contribution in [0.4, 0.5) is 0 Å². The van der Waals surface area contributed by atoms with Gasteiger partial charge in [0.2, 0.25) is 0 Å². The van der Waals surface area contributed by atoms with Gasteiger partial charge in [-0.2, -0.15) is 5.10 Å². The highest BCUT2D eigenvalue weighted by atomic mass is 79.9. The predicted octanol–water partition coefficient (Wildman–Crippen LogP) is 3.53. The number of nitrogens with zero attached hydrogens (tertiary/aromatic N) is 2. The van der Waals surface area contributed by atoms with Crippen molar-refractivity contribution in [1.29, 1.82) is 0 Å². The number of aromatic nitrogens is 2. The van der Waals surface area contributed by atoms with Gasteiger partial charge in [-0.1, -0.05) is 22.9 Å². The van der Waals surface area contributed by atoms with Gasteiger partial charge in [-0.15, -0.1) is 0 Å². The fourth-order valence-corrected chi connectivity index (χ4v) is 2.92. The van der Waals surface area contributed by atoms with E-state index in [0.717, 1.165) is 28.8 Å². The molecule has 0 saturated carbocycles. The zero-order valence-electron chi connectivity index (χ0n) is 11.9. The number of hydrogen-bond donors (Lipinski definition) is 1. The summed E-state index contributed by atoms with van der Waals surface area (Å²) in [5.74, 6) is 0. The molecule has 1 N–H and O–H groups in total. The maximum atomic E-state index is 4.70. The van der Waals surface area contributed by atoms with Crippen molar-refractivity contribution >= 4 is 15.9 Å². The molecule has 0 aliphatic rings. The SMILES string of the molecule is CCc1c(C)nn(-c2ccc(Br)cc2CNC)c1C. The van der Waals surface area contributed by atoms with E-state index in [-0.39, 0.29) is 0 Å². The first kappa shape index (κ1) is 14.3. The molecule has 0 bridgehead atoms. The van der Waals surface area contributed by atoms with Crippen molar-refractivity contribution in [3.8, 4) is 5.69 Å². The first-order valence-corrected chi connectivity index (χ1v) is 7.36. The number of nitrogens with one attached hydrogen (secondary N) is 1. The van der Waals surface area contributed by atoms with Crippen molar-refractivity contribution < 1.29 is 0 Å². The van der Waals surface area contributed by atoms with Crippen molar-refractivity contribution in [2.24, 2.45) is 0 Å². The van der Waals surface area contributed by atoms with Gasteiger partial charge in [0.25, 0.3) is 0 Å². The Balaban J connectivity index is 2.58. The normalized spacial score (nSPS) is 11.0. The minimum Gasteiger partial charge on any atom is -0.316 e. The number of benzene rings is 1. The van der Waals surface area contributed by atoms with Gasteiger partial charge in [0, 0.05) is 16.7 Å². The molecule has 0 saturated heterocycles. The molecule has 1 heterocycles. The quantitative estimate of drug-likeness (QED) is 0.933. The standard InChI is InChI=1S/C15H20BrN3/c1-5-14-10(2)18-19(11(14)3)15-7-6-13(16)8-12(15)9-17-4/h6-8,17H,5,9H2,1-4H3. The largest absolute Gasteiger partial charge is 0.316 e. The Morgan fingerprint density at radius 3 is 2.63 bits per heavy atom. The monoisotopic (exact) mass is 321 g/mol. The van der Waals surface area contributed by atoms with Crippen LogP contribution in [0.25, 0.3) is 5.69 Å². The van der Waals surface area contributed by atoms with Crippen molar-refractivity contribution in [2.45, 2.75) is 33.7 Å². The highest BCUT2D eigenvalue weighted by Gasteiger charge is 2.13. The van der Waals surface area contributed by atoms with Gasteiger partial charge in [0.15, 0.2) is 0 Å². The van der Waals surface area contributed by atoms with Crippen LogP contribution in [0.15, 0.2) is 22.7 Å². The third-order valence-corrected chi connectivity index (χ3v) is 3.92. The van der Waals surface area contributed by atoms with Crippen LogP contribution >= 0.6 is 15.9 Å². The minimum absolute atomic E-state index is 0.828. The molecule has 0 aliphatic heterocycles. The highest BCUT2D eigenvalue weighted by molar-refractivity contribution is 9.10. The Hall–Kier alpha value is -1.13. The molecular formula is C15H20BrN3. The lowest BCUT2D eigenvalue weighted by Gasteiger charge is -2.12. The molecule has 4 heteroatoms. The van der Waals surface area contributed by atoms with E-state index in [1.807, 2.05) is 7.05 Å². The number of halogens is 1. The number of aryl methyl sites for hydroxylation is 1. The third kappa shape index (κ3) is 2.74. The summed E-state index contributed by atoms with van der Waals surface area (Å²) in [5.41, 5.74) is 6.10. The molecule has 0 unspecified atom stereocenters. The van der Waals surface area contributed by atoms with Crippen molar-refractivity contribution in [1.82, 2.24) is 15.1 Å². The molecule has 2 rings (SSSR count). The van der Waals surface area contributed by atoms with Crippen molar-refractivity contribution in [2.75, 3.05) is 7.05 Å². The Bertz CT molecular complexity index is 587. The second kappa shape index (κ2) is 5.88. The van der Waals surface area contributed by atoms with Gasteiger partial charge in [0.05, 0.1) is 11.4 Å². The summed E-state index contributed by atoms with van der Waals surface area (Å²) < 4.78 is 3.16. The summed E-state index contributed by atoms with van der Waals surface area (Å²) in [4.78, 5) is 0. The third-order valence-electron chi connectivity index (χ3n) is 3.43. The van der Waals surface area contributed by atoms with Gasteiger partial charge in [-0.3, -0.25) is 0 Å². The molecule has 0 radical (unpaired) electrons. The smallest absolute Gasteiger partial charge is 0.0694 e. The second-order valence-corrected chi connectivity index (χ2v) is 5.63. The van der Waals surface area contributed by atoms with Crippen LogP contribution in [-0.2, 0) is 13.0 Å². The Morgan fingerprint density at radius 1 is 1.32 bits per heavy atom. The molecule has 0 aliphatic carbocycles. The minimum atomic E-state index is 0.828. The van der Waals surface area contributed by atoms with E-state index in [1.54, 1.807) is 0 Å². The molecule has 2 aromatic rings. The number of rotatable bonds is 4. The fourth-order valence-electron chi connectivity index (χ4n) is 2.51. The Morgan fingerprint density at radius 2 is 2.05 bits per heavy atom. The van der Waals surface area contributed by atoms with Crippen LogP contribution in [0.5, 0.6) is 0 Å². The zero-order chi connectivity index (χ0) is 14.0. The Labute approximate surface area is 123 Å². The summed E-state index contributed by atoms with van der Waals surface area (Å²) in [6.07, 6.45) is 1.02. The van der Waals surface area contributed by atoms with Crippen LogP contribution in [-0.4, -0.2) is 16.8 Å². The Kier molecular flexibility index (Phi) is 4.42. The van der Waals surface area contributed by atoms with E-state index in [4.69, 9.17) is 5.10 Å². The van der Waals surface area contributed by atoms with E-state index in [9.17, 15) is 0 Å². The van der Waals surface area contributed by atoms with Gasteiger partial charge < -0.3 is 5.32 Å². The maximum Gasteiger partial charge on any atom is 0.0694 e. The molecule has 0 fully saturated rings. The predicted molar refractivity (Wildman–Crippen MR) is 82.9 cm³/mol. The molecule has 1 aromatic carbocycles. The van der Waals surface area contributed by atoms with Gasteiger partial charge in [-0.25, -0.2) is 4.68 Å². The van der Waals surface area contributed by atoms with Crippen molar-refractivity contribution in [3.63, 3.8) is 0 Å². The highest BCUT2D eigenvalue weighted by Crippen LogP contribution is 2.24. The van der Waals surface area contributed by atoms with Gasteiger partial charge in [0.1, 0.15) is 0 Å². The molecule has 102 valence electrons. The average molecular weight is 322 g/mol. The molecule has 19 heavy (non-hydrogen) atoms. The van der Waals surface area contributed by atoms with E-state index < -0.39 is 0 Å². The average Bonchev–Trinajstić information content (AvgIpc) is 2.65. The maximum absolute atomic E-state index is 4.70. The lowest BCUT2D eigenvalue weighted by Crippen LogP contribution is -2.10. The zero-order valence-corrected chi connectivity index (χ0v) is 13.5. The van der Waals surface area contributed by atoms with Crippen LogP contribution in [0.3, 0.4) is 0 Å². The van der Waals surface area contributed by atoms with Crippen LogP contribution in [0.2, 0.25) is 0 Å². The van der Waals surface area contributed by atoms with E-state index in [2.05, 4.69) is 64.9 Å². The summed E-state index contributed by atoms with van der Waals surface area (Å²) in [6.45, 7) is 7.23. The molecule has 3 nitrogen and oxygen atoms in total. The lowest BCUT2D eigenvalue weighted by atomic mass is 10.1. The van der Waals surface area contributed by atoms with Gasteiger partial charge in [-0.05, 0) is 56.6 Å². The first-order chi connectivity index (χ1) is 9.08. The van der Waals surface area contributed by atoms with Crippen molar-refractivity contribution in [3.05, 3.63) is 45.2 Å². The summed E-state index contributed by atoms with van der Waals surface area (Å²) in [6, 6.07) is 6.33. The van der Waals surface area contributed by atoms with Crippen LogP contribution < -0.4 is 5.32 Å². The second-order valence-electron chi connectivity index (χ2n) is 4.72. The fraction of sp³-hybridized carbons (Fsp3) is 0.400. The molecule has 0 atom stereocenters. The van der Waals surface area contributed by atoms with E-state index in [0.29, 0.717) is 0 Å². The topological polar surface area (TPSA) is 29.9 Å². The molecule has 1 aromatic heterocycles. The molecular weight excluding hydrogens is 302 g/mol. The summed E-state index contributed by atoms with van der Waals surface area (Å²) in [5, 5.41) is 7.91. The molecule has 0 spiro atoms. The van der Waals surface area contributed by atoms with Crippen LogP contribution in [0, 0.1) is 13.8 Å². The summed E-state index contributed by atoms with van der Waals surface area (Å²) in [7, 11) is 1.96. The van der Waals surface area contributed by atoms with E-state index in [1.165, 1.54) is 16.8 Å². The molecule has 0 amide bonds. The van der Waals surface area contributed by atoms with Gasteiger partial charge >= 0.3 is 0 Å². The first-order valence-electron chi connectivity index (χ1n) is 6.57. The summed E-state index contributed by atoms with van der Waals surface area (Å²) >= 11 is 3.53. The lowest BCUT2D eigenvalue weighted by molar-refractivity contribution is 0.774.